The molecule has 0 unspecified atom stereocenters. The topological polar surface area (TPSA) is 140 Å². The van der Waals surface area contributed by atoms with Crippen LogP contribution in [0.2, 0.25) is 0 Å². The van der Waals surface area contributed by atoms with Crippen molar-refractivity contribution in [1.82, 2.24) is 19.7 Å². The number of hydrogen-bond donors (Lipinski definition) is 2. The summed E-state index contributed by atoms with van der Waals surface area (Å²) < 4.78 is 42.1. The molecule has 2 N–H and O–H groups in total. The van der Waals surface area contributed by atoms with E-state index in [1.54, 1.807) is 20.8 Å². The van der Waals surface area contributed by atoms with E-state index in [0.717, 1.165) is 49.9 Å². The summed E-state index contributed by atoms with van der Waals surface area (Å²) in [5, 5.41) is 12.8. The van der Waals surface area contributed by atoms with Crippen molar-refractivity contribution in [2.24, 2.45) is 0 Å². The number of aromatic nitrogens is 1. The summed E-state index contributed by atoms with van der Waals surface area (Å²) in [6.45, 7) is 10.4. The fraction of sp³-hybridized carbons (Fsp3) is 0.467. The predicted octanol–water partition coefficient (Wildman–Crippen LogP) is 2.79. The maximum atomic E-state index is 13.7. The molecule has 0 spiro atoms. The maximum Gasteiger partial charge on any atom is 0.419 e. The van der Waals surface area contributed by atoms with E-state index in [1.165, 1.54) is 17.7 Å². The van der Waals surface area contributed by atoms with Crippen LogP contribution in [0.3, 0.4) is 0 Å². The molecular formula is C30H38N4O8S. The molecule has 12 nitrogen and oxygen atoms in total. The van der Waals surface area contributed by atoms with Gasteiger partial charge in [-0.05, 0) is 50.6 Å². The molecular weight excluding hydrogens is 576 g/mol. The third-order valence-electron chi connectivity index (χ3n) is 7.46. The van der Waals surface area contributed by atoms with Crippen LogP contribution < -0.4 is 14.2 Å². The molecule has 0 bridgehead atoms. The molecule has 1 amide bonds. The highest BCUT2D eigenvalue weighted by molar-refractivity contribution is 7.86. The standard InChI is InChI=1S/C30H38N4O8S/c1-30(2,3)41-29(37)34-23-7-6-19(18-33-10-8-32(9-11-33)12-13-35)14-20(23)15-24(34)21-16-25(40-4)27(42-43(5,38)39)22-17-31-28(36)26(21)22/h6-7,14-16,35H,8-13,17-18H2,1-5H3,(H,31,36). The number of ether oxygens (including phenoxy) is 2. The first-order valence-electron chi connectivity index (χ1n) is 14.1. The van der Waals surface area contributed by atoms with Crippen LogP contribution >= 0.6 is 0 Å². The maximum absolute atomic E-state index is 13.7. The van der Waals surface area contributed by atoms with E-state index in [2.05, 4.69) is 15.1 Å². The molecule has 43 heavy (non-hydrogen) atoms. The van der Waals surface area contributed by atoms with Gasteiger partial charge in [-0.2, -0.15) is 8.42 Å². The Kier molecular flexibility index (Phi) is 8.45. The Morgan fingerprint density at radius 3 is 2.40 bits per heavy atom. The molecule has 0 saturated carbocycles. The average molecular weight is 615 g/mol. The van der Waals surface area contributed by atoms with Gasteiger partial charge in [0.25, 0.3) is 5.91 Å². The van der Waals surface area contributed by atoms with Gasteiger partial charge in [0.05, 0.1) is 36.7 Å². The first-order valence-corrected chi connectivity index (χ1v) is 15.9. The van der Waals surface area contributed by atoms with E-state index in [4.69, 9.17) is 13.7 Å². The van der Waals surface area contributed by atoms with Crippen molar-refractivity contribution in [1.29, 1.82) is 0 Å². The Balaban J connectivity index is 1.62. The zero-order chi connectivity index (χ0) is 31.1. The number of nitrogens with zero attached hydrogens (tertiary/aromatic N) is 3. The Labute approximate surface area is 251 Å². The summed E-state index contributed by atoms with van der Waals surface area (Å²) >= 11 is 0. The highest BCUT2D eigenvalue weighted by Crippen LogP contribution is 2.44. The molecule has 232 valence electrons. The second-order valence-electron chi connectivity index (χ2n) is 11.9. The number of carbonyl (C=O) groups excluding carboxylic acids is 2. The summed E-state index contributed by atoms with van der Waals surface area (Å²) in [6, 6.07) is 9.23. The summed E-state index contributed by atoms with van der Waals surface area (Å²) in [7, 11) is -2.55. The number of piperazine rings is 1. The molecule has 13 heteroatoms. The summed E-state index contributed by atoms with van der Waals surface area (Å²) in [5.74, 6) is -0.380. The first kappa shape index (κ1) is 30.8. The molecule has 2 aliphatic heterocycles. The number of fused-ring (bicyclic) bond motifs is 2. The van der Waals surface area contributed by atoms with Gasteiger partial charge in [-0.25, -0.2) is 9.36 Å². The van der Waals surface area contributed by atoms with E-state index >= 15 is 0 Å². The Bertz CT molecular complexity index is 1670. The van der Waals surface area contributed by atoms with Crippen molar-refractivity contribution in [2.75, 3.05) is 52.7 Å². The molecule has 1 aromatic heterocycles. The predicted molar refractivity (Wildman–Crippen MR) is 161 cm³/mol. The van der Waals surface area contributed by atoms with E-state index in [9.17, 15) is 23.1 Å². The number of carbonyl (C=O) groups is 2. The number of hydrogen-bond acceptors (Lipinski definition) is 10. The summed E-state index contributed by atoms with van der Waals surface area (Å²) in [4.78, 5) is 31.4. The normalized spacial score (nSPS) is 16.3. The monoisotopic (exact) mass is 614 g/mol. The van der Waals surface area contributed by atoms with Gasteiger partial charge < -0.3 is 24.1 Å². The molecule has 2 aliphatic rings. The van der Waals surface area contributed by atoms with Crippen LogP contribution in [-0.4, -0.2) is 98.2 Å². The Morgan fingerprint density at radius 1 is 1.07 bits per heavy atom. The lowest BCUT2D eigenvalue weighted by atomic mass is 9.98. The summed E-state index contributed by atoms with van der Waals surface area (Å²) in [5.41, 5.74) is 2.19. The average Bonchev–Trinajstić information content (AvgIpc) is 3.49. The van der Waals surface area contributed by atoms with Crippen molar-refractivity contribution in [3.05, 3.63) is 47.0 Å². The minimum Gasteiger partial charge on any atom is -0.493 e. The van der Waals surface area contributed by atoms with E-state index in [-0.39, 0.29) is 30.2 Å². The van der Waals surface area contributed by atoms with Crippen LogP contribution in [0.25, 0.3) is 22.2 Å². The largest absolute Gasteiger partial charge is 0.493 e. The molecule has 3 aromatic rings. The van der Waals surface area contributed by atoms with Crippen LogP contribution in [0.15, 0.2) is 30.3 Å². The number of β-amino-alcohol motifs (C(OH)–C–C–N with tert-alkyl or cyclic N) is 1. The lowest BCUT2D eigenvalue weighted by Crippen LogP contribution is -2.46. The highest BCUT2D eigenvalue weighted by Gasteiger charge is 2.34. The van der Waals surface area contributed by atoms with E-state index in [0.29, 0.717) is 28.9 Å². The molecule has 0 aliphatic carbocycles. The fourth-order valence-electron chi connectivity index (χ4n) is 5.61. The minimum atomic E-state index is -3.93. The van der Waals surface area contributed by atoms with Crippen molar-refractivity contribution < 1.29 is 36.8 Å². The van der Waals surface area contributed by atoms with Crippen molar-refractivity contribution in [3.8, 4) is 22.8 Å². The Morgan fingerprint density at radius 2 is 1.77 bits per heavy atom. The SMILES string of the molecule is COc1cc(-c2cc3cc(CN4CCN(CCO)CC4)ccc3n2C(=O)OC(C)(C)C)c2c(c1OS(C)(=O)=O)CNC2=O. The zero-order valence-corrected chi connectivity index (χ0v) is 25.9. The summed E-state index contributed by atoms with van der Waals surface area (Å²) in [6.07, 6.45) is 0.303. The van der Waals surface area contributed by atoms with E-state index < -0.39 is 27.7 Å². The van der Waals surface area contributed by atoms with Gasteiger partial charge in [0, 0.05) is 62.3 Å². The smallest absolute Gasteiger partial charge is 0.419 e. The minimum absolute atomic E-state index is 0.0333. The van der Waals surface area contributed by atoms with Crippen molar-refractivity contribution in [2.45, 2.75) is 39.5 Å². The number of amides is 1. The molecule has 2 aromatic carbocycles. The number of aliphatic hydroxyl groups excluding tert-OH is 1. The first-order chi connectivity index (χ1) is 20.3. The van der Waals surface area contributed by atoms with Gasteiger partial charge in [0.1, 0.15) is 5.60 Å². The van der Waals surface area contributed by atoms with Gasteiger partial charge in [-0.1, -0.05) is 6.07 Å². The number of rotatable bonds is 8. The van der Waals surface area contributed by atoms with Gasteiger partial charge in [0.2, 0.25) is 0 Å². The van der Waals surface area contributed by atoms with Crippen LogP contribution in [0.1, 0.15) is 42.3 Å². The molecule has 1 fully saturated rings. The molecule has 0 atom stereocenters. The lowest BCUT2D eigenvalue weighted by molar-refractivity contribution is 0.0546. The van der Waals surface area contributed by atoms with Crippen LogP contribution in [0.4, 0.5) is 4.79 Å². The second kappa shape index (κ2) is 11.8. The van der Waals surface area contributed by atoms with Gasteiger partial charge in [0.15, 0.2) is 11.5 Å². The molecule has 0 radical (unpaired) electrons. The third kappa shape index (κ3) is 6.64. The van der Waals surface area contributed by atoms with Crippen molar-refractivity contribution >= 4 is 33.0 Å². The van der Waals surface area contributed by atoms with Crippen molar-refractivity contribution in [3.63, 3.8) is 0 Å². The van der Waals surface area contributed by atoms with Gasteiger partial charge in [-0.3, -0.25) is 14.6 Å². The van der Waals surface area contributed by atoms with Crippen LogP contribution in [0, 0.1) is 0 Å². The van der Waals surface area contributed by atoms with Gasteiger partial charge >= 0.3 is 16.2 Å². The molecule has 3 heterocycles. The quantitative estimate of drug-likeness (QED) is 0.364. The second-order valence-corrected chi connectivity index (χ2v) is 13.4. The number of benzene rings is 2. The van der Waals surface area contributed by atoms with Crippen LogP contribution in [-0.2, 0) is 27.9 Å². The third-order valence-corrected chi connectivity index (χ3v) is 7.93. The number of methoxy groups -OCH3 is 1. The lowest BCUT2D eigenvalue weighted by Gasteiger charge is -2.34. The zero-order valence-electron chi connectivity index (χ0n) is 25.1. The molecule has 1 saturated heterocycles. The highest BCUT2D eigenvalue weighted by atomic mass is 32.2. The number of aliphatic hydroxyl groups is 1. The van der Waals surface area contributed by atoms with Gasteiger partial charge in [-0.15, -0.1) is 0 Å². The number of nitrogens with one attached hydrogen (secondary N) is 1. The van der Waals surface area contributed by atoms with E-state index in [1.807, 2.05) is 24.3 Å². The Hall–Kier alpha value is -3.65. The fourth-order valence-corrected chi connectivity index (χ4v) is 6.10. The van der Waals surface area contributed by atoms with Crippen LogP contribution in [0.5, 0.6) is 11.5 Å². The molecule has 5 rings (SSSR count).